The molecule has 1 amide bonds. The first-order valence-corrected chi connectivity index (χ1v) is 6.68. The molecule has 0 aliphatic carbocycles. The largest absolute Gasteiger partial charge is 0.478 e. The Hall–Kier alpha value is -1.93. The Balaban J connectivity index is 2.82. The van der Waals surface area contributed by atoms with E-state index in [0.29, 0.717) is 18.7 Å². The number of primary amides is 1. The van der Waals surface area contributed by atoms with E-state index >= 15 is 0 Å². The molecule has 8 heteroatoms. The first kappa shape index (κ1) is 15.1. The molecule has 0 heterocycles. The van der Waals surface area contributed by atoms with Crippen LogP contribution in [0.3, 0.4) is 0 Å². The summed E-state index contributed by atoms with van der Waals surface area (Å²) in [5.74, 6) is -1.70. The van der Waals surface area contributed by atoms with Gasteiger partial charge in [0.05, 0.1) is 16.9 Å². The van der Waals surface area contributed by atoms with Crippen LogP contribution in [0.15, 0.2) is 18.2 Å². The number of nitrogens with one attached hydrogen (secondary N) is 1. The highest BCUT2D eigenvalue weighted by Gasteiger charge is 2.11. The lowest BCUT2D eigenvalue weighted by Crippen LogP contribution is -2.16. The summed E-state index contributed by atoms with van der Waals surface area (Å²) in [6, 6.07) is 3.92. The van der Waals surface area contributed by atoms with Crippen molar-refractivity contribution in [3.63, 3.8) is 0 Å². The van der Waals surface area contributed by atoms with E-state index in [0.717, 1.165) is 0 Å². The van der Waals surface area contributed by atoms with Gasteiger partial charge in [0, 0.05) is 12.2 Å². The van der Waals surface area contributed by atoms with Crippen molar-refractivity contribution in [1.82, 2.24) is 0 Å². The third kappa shape index (κ3) is 4.68. The van der Waals surface area contributed by atoms with E-state index in [-0.39, 0.29) is 16.9 Å². The monoisotopic (exact) mass is 286 g/mol. The van der Waals surface area contributed by atoms with Crippen molar-refractivity contribution in [3.05, 3.63) is 29.3 Å². The summed E-state index contributed by atoms with van der Waals surface area (Å²) in [6.45, 7) is 0.329. The van der Waals surface area contributed by atoms with Crippen LogP contribution in [0.5, 0.6) is 0 Å². The third-order valence-electron chi connectivity index (χ3n) is 2.34. The number of carbonyl (C=O) groups excluding carboxylic acids is 1. The number of carbonyl (C=O) groups is 2. The molecule has 104 valence electrons. The van der Waals surface area contributed by atoms with Crippen LogP contribution < -0.4 is 11.1 Å². The number of nitrogens with two attached hydrogens (primary N) is 1. The summed E-state index contributed by atoms with van der Waals surface area (Å²) in [4.78, 5) is 22.0. The average molecular weight is 286 g/mol. The number of carboxylic acids is 1. The Morgan fingerprint density at radius 2 is 2.05 bits per heavy atom. The van der Waals surface area contributed by atoms with E-state index in [4.69, 9.17) is 15.4 Å². The maximum absolute atomic E-state index is 11.2. The predicted molar refractivity (Wildman–Crippen MR) is 70.7 cm³/mol. The van der Waals surface area contributed by atoms with Crippen molar-refractivity contribution >= 4 is 28.6 Å². The van der Waals surface area contributed by atoms with Gasteiger partial charge in [0.15, 0.2) is 11.1 Å². The van der Waals surface area contributed by atoms with Crippen LogP contribution in [0.25, 0.3) is 0 Å². The zero-order valence-corrected chi connectivity index (χ0v) is 10.8. The number of anilines is 1. The standard InChI is InChI=1S/C11H14N2O5S/c12-10(14)8-3-2-7(11(15)16)6-9(8)13-4-1-5-19(17)18/h2-3,6,13H,1,4-5H2,(H2,12,14)(H,15,16)(H,17,18). The molecule has 0 fully saturated rings. The number of rotatable bonds is 7. The minimum atomic E-state index is -1.88. The highest BCUT2D eigenvalue weighted by Crippen LogP contribution is 2.17. The molecular weight excluding hydrogens is 272 g/mol. The molecule has 0 saturated heterocycles. The summed E-state index contributed by atoms with van der Waals surface area (Å²) < 4.78 is 19.1. The van der Waals surface area contributed by atoms with Gasteiger partial charge in [0.2, 0.25) is 0 Å². The summed E-state index contributed by atoms with van der Waals surface area (Å²) in [5, 5.41) is 11.7. The van der Waals surface area contributed by atoms with Gasteiger partial charge in [-0.3, -0.25) is 4.79 Å². The Labute approximate surface area is 112 Å². The highest BCUT2D eigenvalue weighted by molar-refractivity contribution is 7.79. The Morgan fingerprint density at radius 3 is 2.58 bits per heavy atom. The molecule has 1 aromatic carbocycles. The van der Waals surface area contributed by atoms with E-state index in [1.165, 1.54) is 18.2 Å². The maximum Gasteiger partial charge on any atom is 0.335 e. The molecular formula is C11H14N2O5S. The average Bonchev–Trinajstić information content (AvgIpc) is 2.33. The lowest BCUT2D eigenvalue weighted by Gasteiger charge is -2.10. The highest BCUT2D eigenvalue weighted by atomic mass is 32.2. The van der Waals surface area contributed by atoms with Crippen LogP contribution in [0, 0.1) is 0 Å². The molecule has 7 nitrogen and oxygen atoms in total. The fourth-order valence-electron chi connectivity index (χ4n) is 1.46. The first-order valence-electron chi connectivity index (χ1n) is 5.40. The topological polar surface area (TPSA) is 130 Å². The molecule has 0 bridgehead atoms. The van der Waals surface area contributed by atoms with Gasteiger partial charge in [0.25, 0.3) is 5.91 Å². The van der Waals surface area contributed by atoms with Gasteiger partial charge in [-0.15, -0.1) is 0 Å². The van der Waals surface area contributed by atoms with Crippen molar-refractivity contribution < 1.29 is 23.5 Å². The number of hydrogen-bond donors (Lipinski definition) is 4. The van der Waals surface area contributed by atoms with Gasteiger partial charge in [-0.2, -0.15) is 0 Å². The molecule has 0 radical (unpaired) electrons. The zero-order valence-electron chi connectivity index (χ0n) is 9.96. The molecule has 1 unspecified atom stereocenters. The maximum atomic E-state index is 11.2. The Kier molecular flexibility index (Phi) is 5.46. The quantitative estimate of drug-likeness (QED) is 0.427. The van der Waals surface area contributed by atoms with Crippen LogP contribution in [0.1, 0.15) is 27.1 Å². The number of carboxylic acid groups (broad SMARTS) is 1. The SMILES string of the molecule is NC(=O)c1ccc(C(=O)O)cc1NCCCS(=O)O. The van der Waals surface area contributed by atoms with E-state index in [1.54, 1.807) is 0 Å². The third-order valence-corrected chi connectivity index (χ3v) is 2.98. The van der Waals surface area contributed by atoms with Gasteiger partial charge in [0.1, 0.15) is 0 Å². The smallest absolute Gasteiger partial charge is 0.335 e. The Morgan fingerprint density at radius 1 is 1.37 bits per heavy atom. The number of amides is 1. The van der Waals surface area contributed by atoms with Crippen molar-refractivity contribution in [2.24, 2.45) is 5.73 Å². The van der Waals surface area contributed by atoms with Crippen LogP contribution in [0.2, 0.25) is 0 Å². The molecule has 19 heavy (non-hydrogen) atoms. The van der Waals surface area contributed by atoms with E-state index in [2.05, 4.69) is 5.32 Å². The number of hydrogen-bond acceptors (Lipinski definition) is 4. The second-order valence-electron chi connectivity index (χ2n) is 3.74. The van der Waals surface area contributed by atoms with E-state index < -0.39 is 23.0 Å². The summed E-state index contributed by atoms with van der Waals surface area (Å²) in [6.07, 6.45) is 0.401. The molecule has 1 aromatic rings. The lowest BCUT2D eigenvalue weighted by molar-refractivity contribution is 0.0696. The minimum Gasteiger partial charge on any atom is -0.478 e. The van der Waals surface area contributed by atoms with Crippen LogP contribution in [-0.4, -0.2) is 38.0 Å². The van der Waals surface area contributed by atoms with Gasteiger partial charge < -0.3 is 20.7 Å². The Bertz CT molecular complexity index is 518. The number of aromatic carboxylic acids is 1. The molecule has 0 aliphatic heterocycles. The molecule has 0 aliphatic rings. The molecule has 5 N–H and O–H groups in total. The van der Waals surface area contributed by atoms with E-state index in [9.17, 15) is 13.8 Å². The molecule has 1 atom stereocenters. The molecule has 0 spiro atoms. The van der Waals surface area contributed by atoms with Gasteiger partial charge in [-0.1, -0.05) is 0 Å². The summed E-state index contributed by atoms with van der Waals surface area (Å²) in [5.41, 5.74) is 5.68. The fraction of sp³-hybridized carbons (Fsp3) is 0.273. The van der Waals surface area contributed by atoms with Crippen molar-refractivity contribution in [3.8, 4) is 0 Å². The van der Waals surface area contributed by atoms with Gasteiger partial charge >= 0.3 is 5.97 Å². The normalized spacial score (nSPS) is 11.8. The second kappa shape index (κ2) is 6.86. The van der Waals surface area contributed by atoms with Crippen molar-refractivity contribution in [1.29, 1.82) is 0 Å². The van der Waals surface area contributed by atoms with Gasteiger partial charge in [-0.05, 0) is 24.6 Å². The van der Waals surface area contributed by atoms with Crippen LogP contribution in [-0.2, 0) is 11.1 Å². The van der Waals surface area contributed by atoms with Crippen molar-refractivity contribution in [2.75, 3.05) is 17.6 Å². The van der Waals surface area contributed by atoms with Gasteiger partial charge in [-0.25, -0.2) is 9.00 Å². The lowest BCUT2D eigenvalue weighted by atomic mass is 10.1. The molecule has 0 aromatic heterocycles. The molecule has 0 saturated carbocycles. The van der Waals surface area contributed by atoms with E-state index in [1.807, 2.05) is 0 Å². The summed E-state index contributed by atoms with van der Waals surface area (Å²) in [7, 11) is 0. The first-order chi connectivity index (χ1) is 8.91. The zero-order chi connectivity index (χ0) is 14.4. The van der Waals surface area contributed by atoms with Crippen LogP contribution >= 0.6 is 0 Å². The minimum absolute atomic E-state index is 0.0261. The molecule has 1 rings (SSSR count). The number of benzene rings is 1. The van der Waals surface area contributed by atoms with Crippen LogP contribution in [0.4, 0.5) is 5.69 Å². The predicted octanol–water partition coefficient (Wildman–Crippen LogP) is 0.507. The van der Waals surface area contributed by atoms with Crippen molar-refractivity contribution in [2.45, 2.75) is 6.42 Å². The fourth-order valence-corrected chi connectivity index (χ4v) is 1.85. The summed E-state index contributed by atoms with van der Waals surface area (Å²) >= 11 is -1.88. The second-order valence-corrected chi connectivity index (χ2v) is 4.79.